The topological polar surface area (TPSA) is 50.7 Å². The van der Waals surface area contributed by atoms with Crippen LogP contribution in [0.4, 0.5) is 23.7 Å². The van der Waals surface area contributed by atoms with Crippen LogP contribution in [0.3, 0.4) is 0 Å². The van der Waals surface area contributed by atoms with E-state index in [4.69, 9.17) is 4.84 Å². The van der Waals surface area contributed by atoms with Crippen molar-refractivity contribution in [2.75, 3.05) is 5.32 Å². The molecule has 0 saturated heterocycles. The Morgan fingerprint density at radius 2 is 1.88 bits per heavy atom. The Hall–Kier alpha value is -2.83. The third-order valence-electron chi connectivity index (χ3n) is 3.63. The van der Waals surface area contributed by atoms with Crippen LogP contribution in [0.15, 0.2) is 53.7 Å². The van der Waals surface area contributed by atoms with Crippen LogP contribution < -0.4 is 5.32 Å². The minimum atomic E-state index is -4.48. The molecule has 1 amide bonds. The van der Waals surface area contributed by atoms with Crippen molar-refractivity contribution in [3.63, 3.8) is 0 Å². The molecule has 2 aromatic carbocycles. The van der Waals surface area contributed by atoms with Gasteiger partial charge in [0.2, 0.25) is 0 Å². The van der Waals surface area contributed by atoms with Gasteiger partial charge in [0.25, 0.3) is 0 Å². The summed E-state index contributed by atoms with van der Waals surface area (Å²) in [5.41, 5.74) is 1.82. The highest BCUT2D eigenvalue weighted by Crippen LogP contribution is 2.30. The van der Waals surface area contributed by atoms with E-state index >= 15 is 0 Å². The van der Waals surface area contributed by atoms with Gasteiger partial charge in [-0.15, -0.1) is 0 Å². The van der Waals surface area contributed by atoms with Gasteiger partial charge in [-0.3, -0.25) is 10.2 Å². The number of alkyl halides is 3. The number of amides is 1. The molecule has 4 nitrogen and oxygen atoms in total. The first-order chi connectivity index (χ1) is 11.4. The van der Waals surface area contributed by atoms with Crippen LogP contribution in [-0.4, -0.2) is 11.8 Å². The van der Waals surface area contributed by atoms with Crippen LogP contribution in [0.25, 0.3) is 0 Å². The molecule has 24 heavy (non-hydrogen) atoms. The van der Waals surface area contributed by atoms with E-state index < -0.39 is 17.8 Å². The molecule has 0 radical (unpaired) electrons. The van der Waals surface area contributed by atoms with Crippen molar-refractivity contribution in [1.82, 2.24) is 0 Å². The molecule has 7 heteroatoms. The second-order valence-corrected chi connectivity index (χ2v) is 5.28. The van der Waals surface area contributed by atoms with Crippen molar-refractivity contribution >= 4 is 17.5 Å². The van der Waals surface area contributed by atoms with Crippen LogP contribution in [0.1, 0.15) is 23.1 Å². The molecule has 0 heterocycles. The minimum Gasteiger partial charge on any atom is -0.297 e. The lowest BCUT2D eigenvalue weighted by Gasteiger charge is -2.09. The average molecular weight is 334 g/mol. The third kappa shape index (κ3) is 3.56. The Kier molecular flexibility index (Phi) is 4.24. The van der Waals surface area contributed by atoms with Crippen molar-refractivity contribution < 1.29 is 22.8 Å². The van der Waals surface area contributed by atoms with Crippen molar-refractivity contribution in [3.8, 4) is 0 Å². The number of aryl methyl sites for hydroxylation is 1. The van der Waals surface area contributed by atoms with Gasteiger partial charge >= 0.3 is 12.3 Å². The molecule has 2 aromatic rings. The van der Waals surface area contributed by atoms with E-state index in [9.17, 15) is 18.0 Å². The lowest BCUT2D eigenvalue weighted by atomic mass is 10.1. The van der Waals surface area contributed by atoms with Gasteiger partial charge in [0.1, 0.15) is 0 Å². The molecule has 0 atom stereocenters. The number of nitrogens with zero attached hydrogens (tertiary/aromatic N) is 1. The average Bonchev–Trinajstić information content (AvgIpc) is 2.96. The number of oxime groups is 1. The number of rotatable bonds is 2. The van der Waals surface area contributed by atoms with Gasteiger partial charge < -0.3 is 0 Å². The molecular formula is C17H13F3N2O2. The zero-order chi connectivity index (χ0) is 17.2. The predicted molar refractivity (Wildman–Crippen MR) is 82.8 cm³/mol. The summed E-state index contributed by atoms with van der Waals surface area (Å²) >= 11 is 0. The summed E-state index contributed by atoms with van der Waals surface area (Å²) in [6, 6.07) is 11.9. The van der Waals surface area contributed by atoms with Crippen molar-refractivity contribution in [2.24, 2.45) is 5.16 Å². The van der Waals surface area contributed by atoms with Crippen LogP contribution >= 0.6 is 0 Å². The van der Waals surface area contributed by atoms with E-state index in [0.29, 0.717) is 12.1 Å². The molecule has 0 unspecified atom stereocenters. The molecule has 0 aliphatic heterocycles. The number of carbonyl (C=O) groups excluding carboxylic acids is 1. The lowest BCUT2D eigenvalue weighted by molar-refractivity contribution is -0.137. The number of anilines is 1. The zero-order valence-corrected chi connectivity index (χ0v) is 12.4. The van der Waals surface area contributed by atoms with E-state index in [1.165, 1.54) is 12.1 Å². The molecule has 0 fully saturated rings. The van der Waals surface area contributed by atoms with Gasteiger partial charge in [0.05, 0.1) is 11.3 Å². The maximum absolute atomic E-state index is 12.6. The van der Waals surface area contributed by atoms with Gasteiger partial charge in [-0.2, -0.15) is 13.2 Å². The summed E-state index contributed by atoms with van der Waals surface area (Å²) in [7, 11) is 0. The Bertz CT molecular complexity index is 800. The van der Waals surface area contributed by atoms with Gasteiger partial charge in [0.15, 0.2) is 0 Å². The number of halogens is 3. The maximum Gasteiger partial charge on any atom is 0.437 e. The zero-order valence-electron chi connectivity index (χ0n) is 12.4. The minimum absolute atomic E-state index is 0.0122. The number of nitrogens with one attached hydrogen (secondary N) is 1. The van der Waals surface area contributed by atoms with Crippen molar-refractivity contribution in [3.05, 3.63) is 65.2 Å². The Morgan fingerprint density at radius 3 is 2.67 bits per heavy atom. The fourth-order valence-electron chi connectivity index (χ4n) is 2.51. The van der Waals surface area contributed by atoms with Gasteiger partial charge in [-0.25, -0.2) is 4.79 Å². The summed E-state index contributed by atoms with van der Waals surface area (Å²) in [4.78, 5) is 16.5. The quantitative estimate of drug-likeness (QED) is 0.644. The fraction of sp³-hybridized carbons (Fsp3) is 0.176. The van der Waals surface area contributed by atoms with Crippen LogP contribution in [-0.2, 0) is 17.4 Å². The number of hydrogen-bond acceptors (Lipinski definition) is 3. The molecular weight excluding hydrogens is 321 g/mol. The standard InChI is InChI=1S/C17H13F3N2O2/c18-17(19,20)12-5-3-6-13(10-12)21-16(23)24-22-15-9-8-11-4-1-2-7-14(11)15/h1-7,10H,8-9H2,(H,21,23)/b22-15+. The molecule has 1 N–H and O–H groups in total. The van der Waals surface area contributed by atoms with Gasteiger partial charge in [-0.1, -0.05) is 35.5 Å². The lowest BCUT2D eigenvalue weighted by Crippen LogP contribution is -2.13. The van der Waals surface area contributed by atoms with E-state index in [-0.39, 0.29) is 5.69 Å². The highest BCUT2D eigenvalue weighted by molar-refractivity contribution is 6.04. The number of fused-ring (bicyclic) bond motifs is 1. The van der Waals surface area contributed by atoms with E-state index in [2.05, 4.69) is 10.5 Å². The molecule has 3 rings (SSSR count). The van der Waals surface area contributed by atoms with Crippen LogP contribution in [0.2, 0.25) is 0 Å². The summed E-state index contributed by atoms with van der Waals surface area (Å²) < 4.78 is 37.9. The molecule has 124 valence electrons. The number of hydrogen-bond donors (Lipinski definition) is 1. The molecule has 0 bridgehead atoms. The Morgan fingerprint density at radius 1 is 1.08 bits per heavy atom. The molecule has 0 spiro atoms. The van der Waals surface area contributed by atoms with E-state index in [1.54, 1.807) is 0 Å². The second-order valence-electron chi connectivity index (χ2n) is 5.28. The first-order valence-corrected chi connectivity index (χ1v) is 7.24. The smallest absolute Gasteiger partial charge is 0.297 e. The largest absolute Gasteiger partial charge is 0.437 e. The normalized spacial score (nSPS) is 15.2. The predicted octanol–water partition coefficient (Wildman–Crippen LogP) is 4.60. The highest BCUT2D eigenvalue weighted by Gasteiger charge is 2.30. The first-order valence-electron chi connectivity index (χ1n) is 7.24. The van der Waals surface area contributed by atoms with Gasteiger partial charge in [0, 0.05) is 11.3 Å². The molecule has 1 aliphatic carbocycles. The SMILES string of the molecule is O=C(Nc1cccc(C(F)(F)F)c1)O/N=C1\CCc2ccccc21. The van der Waals surface area contributed by atoms with Gasteiger partial charge in [-0.05, 0) is 36.6 Å². The third-order valence-corrected chi connectivity index (χ3v) is 3.63. The maximum atomic E-state index is 12.6. The Balaban J connectivity index is 1.66. The summed E-state index contributed by atoms with van der Waals surface area (Å²) in [5, 5.41) is 6.05. The molecule has 0 saturated carbocycles. The van der Waals surface area contributed by atoms with E-state index in [1.807, 2.05) is 24.3 Å². The monoisotopic (exact) mass is 334 g/mol. The first kappa shape index (κ1) is 16.0. The van der Waals surface area contributed by atoms with Crippen LogP contribution in [0, 0.1) is 0 Å². The number of carbonyl (C=O) groups is 1. The fourth-order valence-corrected chi connectivity index (χ4v) is 2.51. The highest BCUT2D eigenvalue weighted by atomic mass is 19.4. The summed E-state index contributed by atoms with van der Waals surface area (Å²) in [6.45, 7) is 0. The Labute approximate surface area is 135 Å². The van der Waals surface area contributed by atoms with E-state index in [0.717, 1.165) is 29.7 Å². The van der Waals surface area contributed by atoms with Crippen LogP contribution in [0.5, 0.6) is 0 Å². The molecule has 0 aromatic heterocycles. The summed E-state index contributed by atoms with van der Waals surface area (Å²) in [6.07, 6.45) is -3.95. The van der Waals surface area contributed by atoms with Crippen molar-refractivity contribution in [1.29, 1.82) is 0 Å². The van der Waals surface area contributed by atoms with Crippen molar-refractivity contribution in [2.45, 2.75) is 19.0 Å². The summed E-state index contributed by atoms with van der Waals surface area (Å²) in [5.74, 6) is 0. The molecule has 1 aliphatic rings. The second kappa shape index (κ2) is 6.35. The number of benzene rings is 2.